The molecule has 2 N–H and O–H groups in total. The molecule has 5 rings (SSSR count). The highest BCUT2D eigenvalue weighted by atomic mass is 35.5. The minimum absolute atomic E-state index is 0.0233. The van der Waals surface area contributed by atoms with Gasteiger partial charge in [-0.15, -0.1) is 0 Å². The number of rotatable bonds is 4. The van der Waals surface area contributed by atoms with E-state index in [1.165, 1.54) is 10.5 Å². The summed E-state index contributed by atoms with van der Waals surface area (Å²) >= 11 is 6.02. The van der Waals surface area contributed by atoms with Crippen molar-refractivity contribution in [2.45, 2.75) is 38.3 Å². The van der Waals surface area contributed by atoms with E-state index in [0.29, 0.717) is 21.7 Å². The number of aromatic nitrogens is 3. The van der Waals surface area contributed by atoms with Crippen LogP contribution in [0.4, 0.5) is 0 Å². The molecule has 1 aliphatic rings. The summed E-state index contributed by atoms with van der Waals surface area (Å²) in [6.45, 7) is 0.284. The lowest BCUT2D eigenvalue weighted by atomic mass is 10.1. The fraction of sp³-hybridized carbons (Fsp3) is 0.250. The normalized spacial score (nSPS) is 14.3. The lowest BCUT2D eigenvalue weighted by Crippen LogP contribution is -2.38. The van der Waals surface area contributed by atoms with Gasteiger partial charge in [-0.1, -0.05) is 42.6 Å². The van der Waals surface area contributed by atoms with E-state index in [4.69, 9.17) is 17.0 Å². The minimum atomic E-state index is -0.328. The second-order valence-electron chi connectivity index (χ2n) is 8.16. The molecule has 0 aliphatic heterocycles. The first kappa shape index (κ1) is 20.5. The molecule has 1 saturated carbocycles. The number of carbonyl (C=O) groups excluding carboxylic acids is 1. The lowest BCUT2D eigenvalue weighted by Gasteiger charge is -2.16. The summed E-state index contributed by atoms with van der Waals surface area (Å²) in [5.41, 5.74) is 1.67. The van der Waals surface area contributed by atoms with Gasteiger partial charge in [0.25, 0.3) is 11.5 Å². The average Bonchev–Trinajstić information content (AvgIpc) is 3.30. The third-order valence-electron chi connectivity index (χ3n) is 6.01. The molecule has 4 aromatic rings. The van der Waals surface area contributed by atoms with Crippen LogP contribution in [0.2, 0.25) is 5.02 Å². The highest BCUT2D eigenvalue weighted by Crippen LogP contribution is 2.19. The molecule has 162 valence electrons. The molecule has 8 heteroatoms. The number of nitrogens with zero attached hydrogens (tertiary/aromatic N) is 3. The number of hydrogen-bond acceptors (Lipinski definition) is 4. The van der Waals surface area contributed by atoms with Crippen LogP contribution in [0, 0.1) is 5.41 Å². The number of halogens is 1. The van der Waals surface area contributed by atoms with Gasteiger partial charge in [0.05, 0.1) is 17.5 Å². The molecule has 0 bridgehead atoms. The second kappa shape index (κ2) is 8.24. The highest BCUT2D eigenvalue weighted by molar-refractivity contribution is 6.30. The van der Waals surface area contributed by atoms with Gasteiger partial charge >= 0.3 is 0 Å². The van der Waals surface area contributed by atoms with Crippen LogP contribution < -0.4 is 16.4 Å². The van der Waals surface area contributed by atoms with Crippen molar-refractivity contribution in [3.8, 4) is 0 Å². The Morgan fingerprint density at radius 2 is 1.91 bits per heavy atom. The Bertz CT molecular complexity index is 1450. The Balaban J connectivity index is 1.72. The number of fused-ring (bicyclic) bond motifs is 2. The summed E-state index contributed by atoms with van der Waals surface area (Å²) in [6.07, 6.45) is 5.70. The second-order valence-corrected chi connectivity index (χ2v) is 8.59. The van der Waals surface area contributed by atoms with Crippen molar-refractivity contribution in [1.29, 1.82) is 5.41 Å². The molecule has 0 atom stereocenters. The monoisotopic (exact) mass is 447 g/mol. The van der Waals surface area contributed by atoms with Gasteiger partial charge in [0.15, 0.2) is 0 Å². The van der Waals surface area contributed by atoms with E-state index < -0.39 is 0 Å². The van der Waals surface area contributed by atoms with Crippen molar-refractivity contribution in [3.05, 3.63) is 86.7 Å². The standard InChI is InChI=1S/C24H22ClN5O2/c25-16-10-8-15(9-11-16)14-30-21(26)18(23(31)27-17-5-1-2-6-17)13-19-22(30)28-20-7-3-4-12-29(20)24(19)32/h3-4,7-13,17,26H,1-2,5-6,14H2,(H,27,31). The molecule has 0 spiro atoms. The Hall–Kier alpha value is -3.45. The molecule has 1 fully saturated rings. The van der Waals surface area contributed by atoms with Gasteiger partial charge in [0.2, 0.25) is 0 Å². The van der Waals surface area contributed by atoms with Crippen LogP contribution in [0.5, 0.6) is 0 Å². The molecule has 7 nitrogen and oxygen atoms in total. The molecule has 1 amide bonds. The van der Waals surface area contributed by atoms with Crippen molar-refractivity contribution >= 4 is 34.2 Å². The van der Waals surface area contributed by atoms with Gasteiger partial charge in [-0.05, 0) is 48.7 Å². The van der Waals surface area contributed by atoms with Gasteiger partial charge in [-0.2, -0.15) is 0 Å². The fourth-order valence-corrected chi connectivity index (χ4v) is 4.45. The maximum Gasteiger partial charge on any atom is 0.267 e. The van der Waals surface area contributed by atoms with Crippen LogP contribution in [0.25, 0.3) is 16.7 Å². The maximum atomic E-state index is 13.3. The molecule has 32 heavy (non-hydrogen) atoms. The minimum Gasteiger partial charge on any atom is -0.349 e. The summed E-state index contributed by atoms with van der Waals surface area (Å²) in [5, 5.41) is 12.8. The van der Waals surface area contributed by atoms with E-state index in [2.05, 4.69) is 10.3 Å². The van der Waals surface area contributed by atoms with E-state index in [9.17, 15) is 9.59 Å². The third kappa shape index (κ3) is 3.69. The van der Waals surface area contributed by atoms with Crippen molar-refractivity contribution in [3.63, 3.8) is 0 Å². The van der Waals surface area contributed by atoms with Crippen LogP contribution in [0.3, 0.4) is 0 Å². The third-order valence-corrected chi connectivity index (χ3v) is 6.26. The van der Waals surface area contributed by atoms with Crippen molar-refractivity contribution in [2.75, 3.05) is 0 Å². The van der Waals surface area contributed by atoms with Gasteiger partial charge in [0.1, 0.15) is 16.8 Å². The topological polar surface area (TPSA) is 92.2 Å². The summed E-state index contributed by atoms with van der Waals surface area (Å²) in [7, 11) is 0. The zero-order valence-electron chi connectivity index (χ0n) is 17.3. The predicted molar refractivity (Wildman–Crippen MR) is 123 cm³/mol. The Labute approximate surface area is 188 Å². The number of hydrogen-bond donors (Lipinski definition) is 2. The van der Waals surface area contributed by atoms with Gasteiger partial charge in [0, 0.05) is 17.3 Å². The Kier molecular flexibility index (Phi) is 5.27. The number of amides is 1. The quantitative estimate of drug-likeness (QED) is 0.469. The van der Waals surface area contributed by atoms with Gasteiger partial charge in [-0.3, -0.25) is 19.4 Å². The number of benzene rings is 1. The van der Waals surface area contributed by atoms with Crippen molar-refractivity contribution < 1.29 is 4.79 Å². The summed E-state index contributed by atoms with van der Waals surface area (Å²) in [6, 6.07) is 14.2. The zero-order valence-corrected chi connectivity index (χ0v) is 18.1. The molecule has 3 heterocycles. The number of pyridine rings is 2. The Morgan fingerprint density at radius 1 is 1.16 bits per heavy atom. The first-order valence-electron chi connectivity index (χ1n) is 10.7. The maximum absolute atomic E-state index is 13.3. The summed E-state index contributed by atoms with van der Waals surface area (Å²) in [5.74, 6) is -0.328. The van der Waals surface area contributed by atoms with E-state index in [1.54, 1.807) is 35.0 Å². The molecular weight excluding hydrogens is 426 g/mol. The van der Waals surface area contributed by atoms with E-state index in [0.717, 1.165) is 31.2 Å². The first-order valence-corrected chi connectivity index (χ1v) is 11.0. The molecule has 0 radical (unpaired) electrons. The fourth-order valence-electron chi connectivity index (χ4n) is 4.32. The van der Waals surface area contributed by atoms with Crippen LogP contribution >= 0.6 is 11.6 Å². The summed E-state index contributed by atoms with van der Waals surface area (Å²) in [4.78, 5) is 31.0. The van der Waals surface area contributed by atoms with Crippen molar-refractivity contribution in [2.24, 2.45) is 0 Å². The highest BCUT2D eigenvalue weighted by Gasteiger charge is 2.22. The van der Waals surface area contributed by atoms with Crippen LogP contribution in [0.1, 0.15) is 41.6 Å². The molecule has 0 saturated heterocycles. The lowest BCUT2D eigenvalue weighted by molar-refractivity contribution is 0.0935. The molecule has 3 aromatic heterocycles. The molecule has 1 aromatic carbocycles. The number of carbonyl (C=O) groups is 1. The first-order chi connectivity index (χ1) is 15.5. The predicted octanol–water partition coefficient (Wildman–Crippen LogP) is 3.50. The zero-order chi connectivity index (χ0) is 22.2. The van der Waals surface area contributed by atoms with E-state index in [-0.39, 0.29) is 35.1 Å². The van der Waals surface area contributed by atoms with E-state index >= 15 is 0 Å². The Morgan fingerprint density at radius 3 is 2.66 bits per heavy atom. The van der Waals surface area contributed by atoms with Gasteiger partial charge < -0.3 is 9.88 Å². The molecule has 0 unspecified atom stereocenters. The average molecular weight is 448 g/mol. The number of nitrogens with one attached hydrogen (secondary N) is 2. The van der Waals surface area contributed by atoms with Crippen LogP contribution in [-0.4, -0.2) is 25.9 Å². The van der Waals surface area contributed by atoms with Crippen LogP contribution in [-0.2, 0) is 6.54 Å². The van der Waals surface area contributed by atoms with Gasteiger partial charge in [-0.25, -0.2) is 4.98 Å². The molecule has 1 aliphatic carbocycles. The molecular formula is C24H22ClN5O2. The summed E-state index contributed by atoms with van der Waals surface area (Å²) < 4.78 is 3.08. The van der Waals surface area contributed by atoms with E-state index in [1.807, 2.05) is 18.2 Å². The van der Waals surface area contributed by atoms with Crippen molar-refractivity contribution in [1.82, 2.24) is 19.3 Å². The van der Waals surface area contributed by atoms with Crippen LogP contribution in [0.15, 0.2) is 59.5 Å². The smallest absolute Gasteiger partial charge is 0.267 e. The largest absolute Gasteiger partial charge is 0.349 e. The SMILES string of the molecule is N=c1c(C(=O)NC2CCCC2)cc2c(=O)n3ccccc3nc2n1Cc1ccc(Cl)cc1.